The molecule has 20 heavy (non-hydrogen) atoms. The highest BCUT2D eigenvalue weighted by Crippen LogP contribution is 2.33. The lowest BCUT2D eigenvalue weighted by Crippen LogP contribution is -1.93. The van der Waals surface area contributed by atoms with Crippen molar-refractivity contribution in [2.75, 3.05) is 0 Å². The molecular formula is C13H7BrClNO3S. The van der Waals surface area contributed by atoms with E-state index in [1.165, 1.54) is 18.2 Å². The van der Waals surface area contributed by atoms with Crippen LogP contribution in [0.5, 0.6) is 11.5 Å². The van der Waals surface area contributed by atoms with Gasteiger partial charge in [0.1, 0.15) is 17.6 Å². The van der Waals surface area contributed by atoms with E-state index in [4.69, 9.17) is 20.7 Å². The lowest BCUT2D eigenvalue weighted by molar-refractivity contribution is 0.477. The van der Waals surface area contributed by atoms with Gasteiger partial charge in [0.25, 0.3) is 9.05 Å². The van der Waals surface area contributed by atoms with Gasteiger partial charge >= 0.3 is 0 Å². The summed E-state index contributed by atoms with van der Waals surface area (Å²) in [6.45, 7) is 0. The molecule has 0 amide bonds. The van der Waals surface area contributed by atoms with Gasteiger partial charge in [0, 0.05) is 10.7 Å². The van der Waals surface area contributed by atoms with E-state index in [9.17, 15) is 8.42 Å². The van der Waals surface area contributed by atoms with Crippen LogP contribution in [0.1, 0.15) is 5.56 Å². The number of nitriles is 1. The zero-order valence-electron chi connectivity index (χ0n) is 9.88. The topological polar surface area (TPSA) is 67.2 Å². The molecular weight excluding hydrogens is 366 g/mol. The Morgan fingerprint density at radius 3 is 2.45 bits per heavy atom. The van der Waals surface area contributed by atoms with Crippen LogP contribution in [0.25, 0.3) is 0 Å². The summed E-state index contributed by atoms with van der Waals surface area (Å²) in [6, 6.07) is 12.9. The largest absolute Gasteiger partial charge is 0.455 e. The standard InChI is InChI=1S/C13H7BrClNO3S/c14-11-7-10(20(15,17)18)5-6-13(11)19-12-4-2-1-3-9(12)8-16/h1-7H. The molecule has 0 fully saturated rings. The fraction of sp³-hybridized carbons (Fsp3) is 0. The molecule has 2 aromatic carbocycles. The van der Waals surface area contributed by atoms with E-state index in [1.807, 2.05) is 6.07 Å². The molecule has 0 N–H and O–H groups in total. The van der Waals surface area contributed by atoms with Gasteiger partial charge in [-0.05, 0) is 46.3 Å². The van der Waals surface area contributed by atoms with Gasteiger partial charge in [-0.3, -0.25) is 0 Å². The molecule has 0 saturated heterocycles. The number of nitrogens with zero attached hydrogens (tertiary/aromatic N) is 1. The van der Waals surface area contributed by atoms with Gasteiger partial charge < -0.3 is 4.74 Å². The van der Waals surface area contributed by atoms with Gasteiger partial charge in [-0.2, -0.15) is 5.26 Å². The number of hydrogen-bond acceptors (Lipinski definition) is 4. The van der Waals surface area contributed by atoms with Gasteiger partial charge in [-0.15, -0.1) is 0 Å². The van der Waals surface area contributed by atoms with E-state index < -0.39 is 9.05 Å². The van der Waals surface area contributed by atoms with Crippen LogP contribution in [0.2, 0.25) is 0 Å². The van der Waals surface area contributed by atoms with E-state index in [0.29, 0.717) is 21.5 Å². The van der Waals surface area contributed by atoms with E-state index >= 15 is 0 Å². The number of para-hydroxylation sites is 1. The summed E-state index contributed by atoms with van der Waals surface area (Å²) in [5.74, 6) is 0.772. The Hall–Kier alpha value is -1.55. The molecule has 2 rings (SSSR count). The maximum Gasteiger partial charge on any atom is 0.261 e. The first-order valence-electron chi connectivity index (χ1n) is 5.33. The molecule has 0 radical (unpaired) electrons. The first kappa shape index (κ1) is 14.9. The lowest BCUT2D eigenvalue weighted by Gasteiger charge is -2.09. The molecule has 0 unspecified atom stereocenters. The van der Waals surface area contributed by atoms with Crippen LogP contribution in [-0.4, -0.2) is 8.42 Å². The van der Waals surface area contributed by atoms with Crippen LogP contribution in [-0.2, 0) is 9.05 Å². The van der Waals surface area contributed by atoms with E-state index in [2.05, 4.69) is 15.9 Å². The number of rotatable bonds is 3. The summed E-state index contributed by atoms with van der Waals surface area (Å²) >= 11 is 3.21. The Bertz CT molecular complexity index is 800. The van der Waals surface area contributed by atoms with Gasteiger partial charge in [0.15, 0.2) is 0 Å². The van der Waals surface area contributed by atoms with Crippen molar-refractivity contribution in [3.05, 3.63) is 52.5 Å². The third-order valence-electron chi connectivity index (χ3n) is 2.41. The number of halogens is 2. The Labute approximate surface area is 129 Å². The molecule has 2 aromatic rings. The van der Waals surface area contributed by atoms with Crippen LogP contribution < -0.4 is 4.74 Å². The van der Waals surface area contributed by atoms with Crippen molar-refractivity contribution in [2.45, 2.75) is 4.90 Å². The van der Waals surface area contributed by atoms with E-state index in [1.54, 1.807) is 24.3 Å². The molecule has 0 aliphatic rings. The molecule has 0 saturated carbocycles. The van der Waals surface area contributed by atoms with Gasteiger partial charge in [0.2, 0.25) is 0 Å². The molecule has 0 spiro atoms. The first-order chi connectivity index (χ1) is 9.41. The smallest absolute Gasteiger partial charge is 0.261 e. The normalized spacial score (nSPS) is 10.8. The van der Waals surface area contributed by atoms with Gasteiger partial charge in [0.05, 0.1) is 14.9 Å². The van der Waals surface area contributed by atoms with Crippen molar-refractivity contribution < 1.29 is 13.2 Å². The second-order valence-corrected chi connectivity index (χ2v) is 7.16. The number of hydrogen-bond donors (Lipinski definition) is 0. The zero-order chi connectivity index (χ0) is 14.8. The predicted molar refractivity (Wildman–Crippen MR) is 78.4 cm³/mol. The minimum Gasteiger partial charge on any atom is -0.455 e. The van der Waals surface area contributed by atoms with Crippen molar-refractivity contribution in [1.82, 2.24) is 0 Å². The summed E-state index contributed by atoms with van der Waals surface area (Å²) in [7, 11) is 1.46. The van der Waals surface area contributed by atoms with Crippen LogP contribution in [0.15, 0.2) is 51.8 Å². The van der Waals surface area contributed by atoms with Crippen LogP contribution in [0.3, 0.4) is 0 Å². The monoisotopic (exact) mass is 371 g/mol. The Morgan fingerprint density at radius 1 is 1.15 bits per heavy atom. The van der Waals surface area contributed by atoms with Crippen molar-refractivity contribution >= 4 is 35.7 Å². The minimum atomic E-state index is -3.79. The minimum absolute atomic E-state index is 0.0352. The summed E-state index contributed by atoms with van der Waals surface area (Å²) in [5, 5.41) is 8.98. The van der Waals surface area contributed by atoms with Crippen LogP contribution in [0.4, 0.5) is 0 Å². The first-order valence-corrected chi connectivity index (χ1v) is 8.43. The SMILES string of the molecule is N#Cc1ccccc1Oc1ccc(S(=O)(=O)Cl)cc1Br. The van der Waals surface area contributed by atoms with Crippen molar-refractivity contribution in [3.8, 4) is 17.6 Å². The van der Waals surface area contributed by atoms with Crippen molar-refractivity contribution in [3.63, 3.8) is 0 Å². The molecule has 0 aliphatic carbocycles. The second-order valence-electron chi connectivity index (χ2n) is 3.74. The predicted octanol–water partition coefficient (Wildman–Crippen LogP) is 4.04. The fourth-order valence-corrected chi connectivity index (χ4v) is 2.87. The average molecular weight is 373 g/mol. The fourth-order valence-electron chi connectivity index (χ4n) is 1.48. The molecule has 4 nitrogen and oxygen atoms in total. The zero-order valence-corrected chi connectivity index (χ0v) is 13.0. The average Bonchev–Trinajstić information content (AvgIpc) is 2.40. The van der Waals surface area contributed by atoms with Crippen LogP contribution in [0, 0.1) is 11.3 Å². The highest BCUT2D eigenvalue weighted by Gasteiger charge is 2.13. The molecule has 102 valence electrons. The maximum absolute atomic E-state index is 11.2. The molecule has 0 heterocycles. The maximum atomic E-state index is 11.2. The number of benzene rings is 2. The lowest BCUT2D eigenvalue weighted by atomic mass is 10.2. The third kappa shape index (κ3) is 3.31. The molecule has 7 heteroatoms. The summed E-state index contributed by atoms with van der Waals surface area (Å²) in [6.07, 6.45) is 0. The van der Waals surface area contributed by atoms with Crippen LogP contribution >= 0.6 is 26.6 Å². The highest BCUT2D eigenvalue weighted by molar-refractivity contribution is 9.10. The summed E-state index contributed by atoms with van der Waals surface area (Å²) in [5.41, 5.74) is 0.383. The van der Waals surface area contributed by atoms with Crippen molar-refractivity contribution in [1.29, 1.82) is 5.26 Å². The molecule has 0 aromatic heterocycles. The van der Waals surface area contributed by atoms with Gasteiger partial charge in [-0.25, -0.2) is 8.42 Å². The quantitative estimate of drug-likeness (QED) is 0.763. The third-order valence-corrected chi connectivity index (χ3v) is 4.38. The molecule has 0 bridgehead atoms. The number of ether oxygens (including phenoxy) is 1. The van der Waals surface area contributed by atoms with E-state index in [0.717, 1.165) is 0 Å². The summed E-state index contributed by atoms with van der Waals surface area (Å²) in [4.78, 5) is -0.0352. The Kier molecular flexibility index (Phi) is 4.33. The van der Waals surface area contributed by atoms with E-state index in [-0.39, 0.29) is 4.90 Å². The second kappa shape index (κ2) is 5.83. The van der Waals surface area contributed by atoms with Gasteiger partial charge in [-0.1, -0.05) is 12.1 Å². The Morgan fingerprint density at radius 2 is 1.85 bits per heavy atom. The van der Waals surface area contributed by atoms with Crippen molar-refractivity contribution in [2.24, 2.45) is 0 Å². The molecule has 0 aliphatic heterocycles. The Balaban J connectivity index is 2.39. The summed E-state index contributed by atoms with van der Waals surface area (Å²) < 4.78 is 28.4. The highest BCUT2D eigenvalue weighted by atomic mass is 79.9. The molecule has 0 atom stereocenters.